The number of halogens is 1. The van der Waals surface area contributed by atoms with Crippen LogP contribution in [0.2, 0.25) is 0 Å². The highest BCUT2D eigenvalue weighted by Crippen LogP contribution is 2.73. The molecule has 1 fully saturated rings. The summed E-state index contributed by atoms with van der Waals surface area (Å²) in [7, 11) is -8.80. The van der Waals surface area contributed by atoms with E-state index in [4.69, 9.17) is 9.05 Å². The summed E-state index contributed by atoms with van der Waals surface area (Å²) < 4.78 is 54.7. The van der Waals surface area contributed by atoms with E-state index in [1.54, 1.807) is 13.8 Å². The normalized spacial score (nSPS) is 20.2. The Morgan fingerprint density at radius 2 is 1.67 bits per heavy atom. The Hall–Kier alpha value is 0.0300. The van der Waals surface area contributed by atoms with Gasteiger partial charge in [0.1, 0.15) is 0 Å². The third-order valence-electron chi connectivity index (χ3n) is 2.23. The molecule has 0 amide bonds. The molecule has 1 aliphatic rings. The van der Waals surface area contributed by atoms with Gasteiger partial charge in [0.05, 0.1) is 13.2 Å². The predicted octanol–water partition coefficient (Wildman–Crippen LogP) is 2.04. The zero-order valence-electron chi connectivity index (χ0n) is 8.60. The van der Waals surface area contributed by atoms with Gasteiger partial charge >= 0.3 is 17.8 Å². The molecule has 0 heterocycles. The summed E-state index contributed by atoms with van der Waals surface area (Å²) in [6.45, 7) is 3.14. The summed E-state index contributed by atoms with van der Waals surface area (Å²) in [6, 6.07) is 0. The van der Waals surface area contributed by atoms with E-state index in [0.29, 0.717) is 0 Å². The molecule has 1 saturated carbocycles. The van der Waals surface area contributed by atoms with Crippen molar-refractivity contribution in [3.8, 4) is 0 Å². The van der Waals surface area contributed by atoms with Gasteiger partial charge in [0.15, 0.2) is 0 Å². The average molecular weight is 260 g/mol. The van der Waals surface area contributed by atoms with Gasteiger partial charge in [-0.15, -0.1) is 3.89 Å². The van der Waals surface area contributed by atoms with E-state index in [0.717, 1.165) is 0 Å². The summed E-state index contributed by atoms with van der Waals surface area (Å²) in [5.41, 5.74) is 0. The molecule has 0 saturated heterocycles. The third-order valence-corrected chi connectivity index (χ3v) is 7.51. The topological polar surface area (TPSA) is 69.7 Å². The fourth-order valence-corrected chi connectivity index (χ4v) is 5.23. The molecule has 0 spiro atoms. The van der Waals surface area contributed by atoms with E-state index in [-0.39, 0.29) is 26.1 Å². The minimum Gasteiger partial charge on any atom is -0.308 e. The molecule has 0 N–H and O–H groups in total. The van der Waals surface area contributed by atoms with Crippen molar-refractivity contribution in [3.63, 3.8) is 0 Å². The maximum atomic E-state index is 13.0. The molecule has 90 valence electrons. The second-order valence-electron chi connectivity index (χ2n) is 3.22. The highest BCUT2D eigenvalue weighted by molar-refractivity contribution is 7.96. The van der Waals surface area contributed by atoms with Crippen molar-refractivity contribution >= 4 is 17.8 Å². The Bertz CT molecular complexity index is 365. The highest BCUT2D eigenvalue weighted by Gasteiger charge is 2.70. The van der Waals surface area contributed by atoms with Crippen LogP contribution in [0.15, 0.2) is 0 Å². The van der Waals surface area contributed by atoms with Crippen LogP contribution in [-0.4, -0.2) is 26.1 Å². The smallest absolute Gasteiger partial charge is 0.308 e. The number of hydrogen-bond acceptors (Lipinski definition) is 5. The lowest BCUT2D eigenvalue weighted by molar-refractivity contribution is 0.215. The molecule has 8 heteroatoms. The van der Waals surface area contributed by atoms with Gasteiger partial charge in [0.25, 0.3) is 0 Å². The first-order valence-corrected chi connectivity index (χ1v) is 7.59. The lowest BCUT2D eigenvalue weighted by Crippen LogP contribution is -2.22. The van der Waals surface area contributed by atoms with Crippen molar-refractivity contribution in [2.45, 2.75) is 31.2 Å². The van der Waals surface area contributed by atoms with E-state index in [1.165, 1.54) is 0 Å². The van der Waals surface area contributed by atoms with E-state index >= 15 is 0 Å². The monoisotopic (exact) mass is 260 g/mol. The number of rotatable bonds is 6. The van der Waals surface area contributed by atoms with Gasteiger partial charge in [0, 0.05) is 0 Å². The molecule has 0 unspecified atom stereocenters. The molecule has 0 aliphatic heterocycles. The molecule has 1 rings (SSSR count). The third kappa shape index (κ3) is 2.11. The predicted molar refractivity (Wildman–Crippen MR) is 52.9 cm³/mol. The van der Waals surface area contributed by atoms with Crippen molar-refractivity contribution in [3.05, 3.63) is 0 Å². The standard InChI is InChI=1S/C7H14FO5PS/c1-3-12-14(9,13-4-2)7(5-6-7)15(8,10)11/h3-6H2,1-2H3. The first-order valence-electron chi connectivity index (χ1n) is 4.66. The Labute approximate surface area is 88.7 Å². The Balaban J connectivity index is 3.06. The fraction of sp³-hybridized carbons (Fsp3) is 1.00. The quantitative estimate of drug-likeness (QED) is 0.540. The summed E-state index contributed by atoms with van der Waals surface area (Å²) in [6.07, 6.45) is -0.0216. The zero-order chi connectivity index (χ0) is 11.7. The Morgan fingerprint density at radius 3 is 1.87 bits per heavy atom. The summed E-state index contributed by atoms with van der Waals surface area (Å²) in [5.74, 6) is 0. The van der Waals surface area contributed by atoms with Gasteiger partial charge in [-0.05, 0) is 26.7 Å². The SMILES string of the molecule is CCOP(=O)(OCC)C1(S(=O)(=O)F)CC1. The van der Waals surface area contributed by atoms with Gasteiger partial charge in [-0.2, -0.15) is 8.42 Å². The van der Waals surface area contributed by atoms with Crippen molar-refractivity contribution in [1.82, 2.24) is 0 Å². The van der Waals surface area contributed by atoms with Crippen molar-refractivity contribution in [2.75, 3.05) is 13.2 Å². The Morgan fingerprint density at radius 1 is 1.27 bits per heavy atom. The largest absolute Gasteiger partial charge is 0.354 e. The molecule has 0 bridgehead atoms. The van der Waals surface area contributed by atoms with Crippen LogP contribution in [0.5, 0.6) is 0 Å². The van der Waals surface area contributed by atoms with E-state index in [1.807, 2.05) is 0 Å². The second-order valence-corrected chi connectivity index (χ2v) is 7.54. The van der Waals surface area contributed by atoms with Crippen LogP contribution in [0.1, 0.15) is 26.7 Å². The Kier molecular flexibility index (Phi) is 3.60. The maximum absolute atomic E-state index is 13.0. The maximum Gasteiger partial charge on any atom is 0.354 e. The molecule has 15 heavy (non-hydrogen) atoms. The van der Waals surface area contributed by atoms with Gasteiger partial charge in [-0.1, -0.05) is 0 Å². The van der Waals surface area contributed by atoms with E-state index in [2.05, 4.69) is 0 Å². The van der Waals surface area contributed by atoms with Crippen LogP contribution in [0.3, 0.4) is 0 Å². The van der Waals surface area contributed by atoms with Crippen LogP contribution in [0, 0.1) is 0 Å². The molecule has 0 aromatic heterocycles. The van der Waals surface area contributed by atoms with Gasteiger partial charge in [0.2, 0.25) is 4.49 Å². The lowest BCUT2D eigenvalue weighted by atomic mass is 10.9. The molecule has 1 aliphatic carbocycles. The molecule has 0 aromatic carbocycles. The van der Waals surface area contributed by atoms with Crippen LogP contribution in [0.25, 0.3) is 0 Å². The summed E-state index contributed by atoms with van der Waals surface area (Å²) in [5, 5.41) is 0. The molecule has 0 atom stereocenters. The van der Waals surface area contributed by atoms with Gasteiger partial charge in [-0.25, -0.2) is 0 Å². The first kappa shape index (κ1) is 13.1. The average Bonchev–Trinajstić information content (AvgIpc) is 2.82. The summed E-state index contributed by atoms with van der Waals surface area (Å²) >= 11 is 0. The molecular weight excluding hydrogens is 246 g/mol. The van der Waals surface area contributed by atoms with Crippen molar-refractivity contribution < 1.29 is 25.9 Å². The van der Waals surface area contributed by atoms with Gasteiger partial charge < -0.3 is 9.05 Å². The second kappa shape index (κ2) is 4.13. The lowest BCUT2D eigenvalue weighted by Gasteiger charge is -2.22. The fourth-order valence-electron chi connectivity index (χ4n) is 1.37. The molecule has 5 nitrogen and oxygen atoms in total. The van der Waals surface area contributed by atoms with E-state index in [9.17, 15) is 16.9 Å². The summed E-state index contributed by atoms with van der Waals surface area (Å²) in [4.78, 5) is 0. The van der Waals surface area contributed by atoms with Crippen LogP contribution < -0.4 is 0 Å². The van der Waals surface area contributed by atoms with Crippen molar-refractivity contribution in [1.29, 1.82) is 0 Å². The number of hydrogen-bond donors (Lipinski definition) is 0. The highest BCUT2D eigenvalue weighted by atomic mass is 32.3. The van der Waals surface area contributed by atoms with E-state index < -0.39 is 22.3 Å². The van der Waals surface area contributed by atoms with Gasteiger partial charge in [-0.3, -0.25) is 4.57 Å². The minimum absolute atomic E-state index is 0.0108. The van der Waals surface area contributed by atoms with Crippen LogP contribution in [0.4, 0.5) is 3.89 Å². The molecule has 0 radical (unpaired) electrons. The van der Waals surface area contributed by atoms with Crippen LogP contribution >= 0.6 is 7.60 Å². The molecule has 0 aromatic rings. The minimum atomic E-state index is -4.91. The van der Waals surface area contributed by atoms with Crippen molar-refractivity contribution in [2.24, 2.45) is 0 Å². The first-order chi connectivity index (χ1) is 6.83. The molecular formula is C7H14FO5PS. The zero-order valence-corrected chi connectivity index (χ0v) is 10.3. The van der Waals surface area contributed by atoms with Crippen LogP contribution in [-0.2, 0) is 23.8 Å².